The van der Waals surface area contributed by atoms with E-state index in [1.165, 1.54) is 17.7 Å². The smallest absolute Gasteiger partial charge is 0.269 e. The summed E-state index contributed by atoms with van der Waals surface area (Å²) in [7, 11) is 0. The quantitative estimate of drug-likeness (QED) is 0.105. The number of thioether (sulfide) groups is 1. The van der Waals surface area contributed by atoms with Crippen molar-refractivity contribution in [3.8, 4) is 17.1 Å². The van der Waals surface area contributed by atoms with Gasteiger partial charge in [0.15, 0.2) is 11.0 Å². The minimum Gasteiger partial charge on any atom is -0.340 e. The van der Waals surface area contributed by atoms with E-state index in [0.717, 1.165) is 67.7 Å². The molecule has 0 unspecified atom stereocenters. The average molecular weight is 557 g/mol. The summed E-state index contributed by atoms with van der Waals surface area (Å²) in [6.07, 6.45) is 2.27. The number of piperazine rings is 1. The Morgan fingerprint density at radius 1 is 0.850 bits per heavy atom. The molecule has 1 aliphatic rings. The number of nitro benzene ring substituents is 1. The number of para-hydroxylation sites is 1. The molecule has 4 aromatic rings. The molecule has 1 aromatic heterocycles. The highest BCUT2D eigenvalue weighted by molar-refractivity contribution is 7.99. The molecule has 0 N–H and O–H groups in total. The molecule has 10 heteroatoms. The first-order chi connectivity index (χ1) is 19.6. The molecular formula is C30H32N6O3S. The molecule has 1 aliphatic heterocycles. The van der Waals surface area contributed by atoms with Gasteiger partial charge in [0.05, 0.1) is 4.92 Å². The van der Waals surface area contributed by atoms with Crippen LogP contribution in [-0.4, -0.2) is 67.3 Å². The van der Waals surface area contributed by atoms with E-state index < -0.39 is 4.92 Å². The Hall–Kier alpha value is -4.02. The molecule has 3 aromatic carbocycles. The van der Waals surface area contributed by atoms with Gasteiger partial charge in [0, 0.05) is 68.3 Å². The summed E-state index contributed by atoms with van der Waals surface area (Å²) in [5.41, 5.74) is 3.02. The molecule has 0 saturated carbocycles. The number of non-ortho nitro benzene ring substituents is 1. The van der Waals surface area contributed by atoms with Crippen molar-refractivity contribution in [2.75, 3.05) is 31.9 Å². The molecular weight excluding hydrogens is 524 g/mol. The van der Waals surface area contributed by atoms with Crippen molar-refractivity contribution in [2.24, 2.45) is 0 Å². The summed E-state index contributed by atoms with van der Waals surface area (Å²) in [4.78, 5) is 27.8. The summed E-state index contributed by atoms with van der Waals surface area (Å²) in [6, 6.07) is 26.6. The van der Waals surface area contributed by atoms with Gasteiger partial charge < -0.3 is 4.90 Å². The number of unbranched alkanes of at least 4 members (excludes halogenated alkanes) is 1. The third kappa shape index (κ3) is 6.94. The number of amides is 1. The van der Waals surface area contributed by atoms with Crippen LogP contribution in [0.25, 0.3) is 17.1 Å². The van der Waals surface area contributed by atoms with Gasteiger partial charge in [-0.2, -0.15) is 0 Å². The second-order valence-electron chi connectivity index (χ2n) is 9.73. The zero-order valence-corrected chi connectivity index (χ0v) is 23.1. The van der Waals surface area contributed by atoms with Crippen LogP contribution in [0.1, 0.15) is 24.8 Å². The second-order valence-corrected chi connectivity index (χ2v) is 10.8. The predicted octanol–water partition coefficient (Wildman–Crippen LogP) is 5.45. The van der Waals surface area contributed by atoms with Gasteiger partial charge >= 0.3 is 0 Å². The van der Waals surface area contributed by atoms with Crippen LogP contribution in [0.4, 0.5) is 5.69 Å². The van der Waals surface area contributed by atoms with Gasteiger partial charge in [-0.25, -0.2) is 0 Å². The minimum atomic E-state index is -0.413. The fourth-order valence-electron chi connectivity index (χ4n) is 4.79. The van der Waals surface area contributed by atoms with Crippen LogP contribution in [0.2, 0.25) is 0 Å². The first-order valence-corrected chi connectivity index (χ1v) is 14.5. The van der Waals surface area contributed by atoms with Crippen molar-refractivity contribution in [1.29, 1.82) is 0 Å². The molecule has 0 aliphatic carbocycles. The Labute approximate surface area is 238 Å². The number of carbonyl (C=O) groups is 1. The van der Waals surface area contributed by atoms with Crippen molar-refractivity contribution >= 4 is 23.4 Å². The van der Waals surface area contributed by atoms with Crippen LogP contribution >= 0.6 is 11.8 Å². The van der Waals surface area contributed by atoms with Crippen LogP contribution in [0, 0.1) is 10.1 Å². The number of hydrogen-bond donors (Lipinski definition) is 0. The Balaban J connectivity index is 1.12. The number of aromatic nitrogens is 3. The van der Waals surface area contributed by atoms with E-state index in [0.29, 0.717) is 12.2 Å². The standard InChI is InChI=1S/C30H32N6O3S/c37-28(34-20-18-33(19-21-34)23-24-9-3-1-4-10-24)13-7-8-22-40-30-32-31-29(35(30)26-11-5-2-6-12-26)25-14-16-27(17-15-25)36(38)39/h1-6,9-12,14-17H,7-8,13,18-23H2. The SMILES string of the molecule is O=C(CCCCSc1nnc(-c2ccc([N+](=O)[O-])cc2)n1-c1ccccc1)N1CCN(Cc2ccccc2)CC1. The topological polar surface area (TPSA) is 97.4 Å². The third-order valence-electron chi connectivity index (χ3n) is 6.97. The monoisotopic (exact) mass is 556 g/mol. The molecule has 2 heterocycles. The summed E-state index contributed by atoms with van der Waals surface area (Å²) in [5.74, 6) is 1.67. The van der Waals surface area contributed by atoms with E-state index in [-0.39, 0.29) is 11.6 Å². The Bertz CT molecular complexity index is 1400. The summed E-state index contributed by atoms with van der Waals surface area (Å²) < 4.78 is 1.98. The van der Waals surface area contributed by atoms with E-state index in [2.05, 4.69) is 39.4 Å². The lowest BCUT2D eigenvalue weighted by Gasteiger charge is -2.34. The average Bonchev–Trinajstić information content (AvgIpc) is 3.42. The Morgan fingerprint density at radius 3 is 2.20 bits per heavy atom. The molecule has 1 saturated heterocycles. The molecule has 0 spiro atoms. The lowest BCUT2D eigenvalue weighted by Crippen LogP contribution is -2.48. The molecule has 5 rings (SSSR count). The van der Waals surface area contributed by atoms with Crippen molar-refractivity contribution in [1.82, 2.24) is 24.6 Å². The lowest BCUT2D eigenvalue weighted by atomic mass is 10.2. The van der Waals surface area contributed by atoms with Crippen molar-refractivity contribution in [3.63, 3.8) is 0 Å². The number of nitrogens with zero attached hydrogens (tertiary/aromatic N) is 6. The maximum Gasteiger partial charge on any atom is 0.269 e. The molecule has 0 bridgehead atoms. The van der Waals surface area contributed by atoms with Crippen LogP contribution in [0.5, 0.6) is 0 Å². The van der Waals surface area contributed by atoms with Crippen LogP contribution < -0.4 is 0 Å². The first kappa shape index (κ1) is 27.5. The van der Waals surface area contributed by atoms with Gasteiger partial charge in [-0.3, -0.25) is 24.4 Å². The Morgan fingerprint density at radius 2 is 1.52 bits per heavy atom. The summed E-state index contributed by atoms with van der Waals surface area (Å²) in [6.45, 7) is 4.31. The van der Waals surface area contributed by atoms with Crippen molar-refractivity contribution < 1.29 is 9.72 Å². The first-order valence-electron chi connectivity index (χ1n) is 13.5. The van der Waals surface area contributed by atoms with Crippen molar-refractivity contribution in [2.45, 2.75) is 31.0 Å². The van der Waals surface area contributed by atoms with Crippen molar-refractivity contribution in [3.05, 3.63) is 101 Å². The van der Waals surface area contributed by atoms with E-state index in [9.17, 15) is 14.9 Å². The summed E-state index contributed by atoms with van der Waals surface area (Å²) in [5, 5.41) is 20.7. The molecule has 1 amide bonds. The Kier molecular flexibility index (Phi) is 9.20. The number of nitro groups is 1. The fourth-order valence-corrected chi connectivity index (χ4v) is 5.74. The predicted molar refractivity (Wildman–Crippen MR) is 156 cm³/mol. The zero-order valence-electron chi connectivity index (χ0n) is 22.3. The minimum absolute atomic E-state index is 0.0349. The maximum atomic E-state index is 12.8. The van der Waals surface area contributed by atoms with E-state index in [1.807, 2.05) is 45.9 Å². The van der Waals surface area contributed by atoms with Gasteiger partial charge in [0.2, 0.25) is 5.91 Å². The molecule has 9 nitrogen and oxygen atoms in total. The molecule has 206 valence electrons. The lowest BCUT2D eigenvalue weighted by molar-refractivity contribution is -0.384. The highest BCUT2D eigenvalue weighted by Crippen LogP contribution is 2.29. The van der Waals surface area contributed by atoms with Gasteiger partial charge in [0.25, 0.3) is 5.69 Å². The largest absolute Gasteiger partial charge is 0.340 e. The fraction of sp³-hybridized carbons (Fsp3) is 0.300. The van der Waals surface area contributed by atoms with E-state index in [4.69, 9.17) is 0 Å². The zero-order chi connectivity index (χ0) is 27.7. The van der Waals surface area contributed by atoms with Crippen LogP contribution in [0.3, 0.4) is 0 Å². The highest BCUT2D eigenvalue weighted by atomic mass is 32.2. The van der Waals surface area contributed by atoms with Crippen LogP contribution in [-0.2, 0) is 11.3 Å². The second kappa shape index (κ2) is 13.4. The van der Waals surface area contributed by atoms with E-state index in [1.54, 1.807) is 23.9 Å². The molecule has 0 radical (unpaired) electrons. The normalized spacial score (nSPS) is 13.8. The van der Waals surface area contributed by atoms with Gasteiger partial charge in [0.1, 0.15) is 0 Å². The van der Waals surface area contributed by atoms with Gasteiger partial charge in [-0.05, 0) is 42.7 Å². The van der Waals surface area contributed by atoms with E-state index >= 15 is 0 Å². The number of hydrogen-bond acceptors (Lipinski definition) is 7. The molecule has 40 heavy (non-hydrogen) atoms. The van der Waals surface area contributed by atoms with Gasteiger partial charge in [-0.1, -0.05) is 60.3 Å². The number of rotatable bonds is 11. The third-order valence-corrected chi connectivity index (χ3v) is 7.99. The summed E-state index contributed by atoms with van der Waals surface area (Å²) >= 11 is 1.60. The molecule has 0 atom stereocenters. The number of benzene rings is 3. The van der Waals surface area contributed by atoms with Gasteiger partial charge in [-0.15, -0.1) is 10.2 Å². The number of carbonyl (C=O) groups excluding carboxylic acids is 1. The highest BCUT2D eigenvalue weighted by Gasteiger charge is 2.21. The molecule has 1 fully saturated rings. The van der Waals surface area contributed by atoms with Crippen LogP contribution in [0.15, 0.2) is 90.1 Å². The maximum absolute atomic E-state index is 12.8.